The Morgan fingerprint density at radius 1 is 1.50 bits per heavy atom. The van der Waals surface area contributed by atoms with Crippen molar-refractivity contribution in [1.82, 2.24) is 14.6 Å². The van der Waals surface area contributed by atoms with E-state index in [4.69, 9.17) is 5.11 Å². The van der Waals surface area contributed by atoms with Gasteiger partial charge in [-0.1, -0.05) is 0 Å². The number of hydrogen-bond acceptors (Lipinski definition) is 4. The Balaban J connectivity index is 1.78. The topological polar surface area (TPSA) is 62.5 Å². The van der Waals surface area contributed by atoms with Crippen LogP contribution < -0.4 is 5.32 Å². The normalized spacial score (nSPS) is 17.0. The highest BCUT2D eigenvalue weighted by Crippen LogP contribution is 2.48. The zero-order valence-corrected chi connectivity index (χ0v) is 10.6. The highest BCUT2D eigenvalue weighted by Gasteiger charge is 2.41. The van der Waals surface area contributed by atoms with Crippen LogP contribution in [0.4, 0.5) is 5.82 Å². The van der Waals surface area contributed by atoms with Gasteiger partial charge in [0.1, 0.15) is 5.52 Å². The summed E-state index contributed by atoms with van der Waals surface area (Å²) < 4.78 is 1.84. The summed E-state index contributed by atoms with van der Waals surface area (Å²) in [5.74, 6) is 0.877. The van der Waals surface area contributed by atoms with Crippen molar-refractivity contribution in [3.8, 4) is 0 Å². The van der Waals surface area contributed by atoms with Gasteiger partial charge in [-0.2, -0.15) is 5.10 Å². The molecule has 5 nitrogen and oxygen atoms in total. The summed E-state index contributed by atoms with van der Waals surface area (Å²) in [5.41, 5.74) is 2.29. The number of aryl methyl sites for hydroxylation is 1. The van der Waals surface area contributed by atoms with Gasteiger partial charge >= 0.3 is 0 Å². The lowest BCUT2D eigenvalue weighted by Crippen LogP contribution is -2.17. The van der Waals surface area contributed by atoms with Crippen LogP contribution >= 0.6 is 0 Å². The minimum absolute atomic E-state index is 0.269. The number of nitrogens with one attached hydrogen (secondary N) is 1. The molecule has 2 aromatic rings. The van der Waals surface area contributed by atoms with E-state index in [1.54, 1.807) is 6.20 Å². The number of fused-ring (bicyclic) bond motifs is 1. The molecule has 2 aromatic heterocycles. The molecule has 5 heteroatoms. The lowest BCUT2D eigenvalue weighted by atomic mass is 10.0. The third kappa shape index (κ3) is 2.06. The Hall–Kier alpha value is -1.62. The molecule has 2 heterocycles. The Kier molecular flexibility index (Phi) is 2.70. The van der Waals surface area contributed by atoms with Crippen molar-refractivity contribution in [2.75, 3.05) is 18.5 Å². The highest BCUT2D eigenvalue weighted by molar-refractivity contribution is 5.67. The molecule has 18 heavy (non-hydrogen) atoms. The Bertz CT molecular complexity index is 559. The number of rotatable bonds is 5. The molecule has 0 amide bonds. The minimum atomic E-state index is 0.269. The maximum atomic E-state index is 9.06. The van der Waals surface area contributed by atoms with E-state index in [9.17, 15) is 0 Å². The van der Waals surface area contributed by atoms with E-state index in [0.717, 1.165) is 30.0 Å². The molecular weight excluding hydrogens is 228 g/mol. The Morgan fingerprint density at radius 2 is 2.33 bits per heavy atom. The number of nitrogens with zero attached hydrogens (tertiary/aromatic N) is 3. The van der Waals surface area contributed by atoms with Gasteiger partial charge in [0.15, 0.2) is 5.82 Å². The quantitative estimate of drug-likeness (QED) is 0.841. The summed E-state index contributed by atoms with van der Waals surface area (Å²) in [7, 11) is 0. The summed E-state index contributed by atoms with van der Waals surface area (Å²) >= 11 is 0. The first-order chi connectivity index (χ1) is 8.72. The molecule has 3 rings (SSSR count). The van der Waals surface area contributed by atoms with E-state index in [0.29, 0.717) is 5.41 Å². The molecule has 1 aliphatic rings. The fourth-order valence-electron chi connectivity index (χ4n) is 2.38. The van der Waals surface area contributed by atoms with E-state index in [-0.39, 0.29) is 6.61 Å². The van der Waals surface area contributed by atoms with Crippen molar-refractivity contribution in [3.63, 3.8) is 0 Å². The van der Waals surface area contributed by atoms with Crippen LogP contribution in [0.3, 0.4) is 0 Å². The van der Waals surface area contributed by atoms with Gasteiger partial charge in [-0.05, 0) is 37.7 Å². The molecule has 0 spiro atoms. The van der Waals surface area contributed by atoms with Crippen molar-refractivity contribution < 1.29 is 5.11 Å². The largest absolute Gasteiger partial charge is 0.396 e. The molecule has 2 N–H and O–H groups in total. The number of aliphatic hydroxyl groups excluding tert-OH is 1. The maximum Gasteiger partial charge on any atom is 0.152 e. The van der Waals surface area contributed by atoms with Gasteiger partial charge in [0, 0.05) is 25.5 Å². The number of aliphatic hydroxyl groups is 1. The van der Waals surface area contributed by atoms with E-state index in [1.807, 2.05) is 23.7 Å². The van der Waals surface area contributed by atoms with E-state index >= 15 is 0 Å². The molecule has 0 saturated heterocycles. The van der Waals surface area contributed by atoms with Crippen LogP contribution in [0.25, 0.3) is 5.52 Å². The molecule has 1 fully saturated rings. The second kappa shape index (κ2) is 4.24. The fraction of sp³-hybridized carbons (Fsp3) is 0.538. The average Bonchev–Trinajstić information content (AvgIpc) is 3.00. The van der Waals surface area contributed by atoms with E-state index in [2.05, 4.69) is 15.4 Å². The van der Waals surface area contributed by atoms with Crippen molar-refractivity contribution in [2.24, 2.45) is 5.41 Å². The minimum Gasteiger partial charge on any atom is -0.396 e. The molecule has 96 valence electrons. The van der Waals surface area contributed by atoms with Crippen LogP contribution in [0, 0.1) is 12.3 Å². The fourth-order valence-corrected chi connectivity index (χ4v) is 2.38. The van der Waals surface area contributed by atoms with Gasteiger partial charge in [-0.3, -0.25) is 0 Å². The van der Waals surface area contributed by atoms with Crippen molar-refractivity contribution >= 4 is 11.3 Å². The smallest absolute Gasteiger partial charge is 0.152 e. The van der Waals surface area contributed by atoms with Crippen LogP contribution in [-0.4, -0.2) is 32.9 Å². The van der Waals surface area contributed by atoms with Crippen molar-refractivity contribution in [1.29, 1.82) is 0 Å². The molecule has 0 unspecified atom stereocenters. The van der Waals surface area contributed by atoms with Crippen molar-refractivity contribution in [2.45, 2.75) is 26.2 Å². The third-order valence-electron chi connectivity index (χ3n) is 3.74. The summed E-state index contributed by atoms with van der Waals surface area (Å²) in [6.07, 6.45) is 6.88. The van der Waals surface area contributed by atoms with Gasteiger partial charge in [0.05, 0.1) is 5.69 Å². The van der Waals surface area contributed by atoms with E-state index in [1.165, 1.54) is 12.8 Å². The Labute approximate surface area is 106 Å². The standard InChI is InChI=1S/C13H18N4O/c1-10-8-11-12(14-5-6-17(11)16-10)15-9-13(2-3-13)4-7-18/h5-6,8,18H,2-4,7,9H2,1H3,(H,14,15). The summed E-state index contributed by atoms with van der Waals surface area (Å²) in [6, 6.07) is 2.03. The molecule has 1 aliphatic carbocycles. The van der Waals surface area contributed by atoms with Gasteiger partial charge < -0.3 is 10.4 Å². The predicted molar refractivity (Wildman–Crippen MR) is 69.6 cm³/mol. The van der Waals surface area contributed by atoms with Crippen LogP contribution in [0.15, 0.2) is 18.5 Å². The predicted octanol–water partition coefficient (Wildman–Crippen LogP) is 1.61. The second-order valence-corrected chi connectivity index (χ2v) is 5.22. The molecule has 1 saturated carbocycles. The van der Waals surface area contributed by atoms with Gasteiger partial charge in [0.25, 0.3) is 0 Å². The number of anilines is 1. The molecule has 0 aromatic carbocycles. The first-order valence-corrected chi connectivity index (χ1v) is 6.38. The van der Waals surface area contributed by atoms with Crippen LogP contribution in [-0.2, 0) is 0 Å². The lowest BCUT2D eigenvalue weighted by Gasteiger charge is -2.15. The summed E-state index contributed by atoms with van der Waals surface area (Å²) in [6.45, 7) is 3.13. The highest BCUT2D eigenvalue weighted by atomic mass is 16.3. The second-order valence-electron chi connectivity index (χ2n) is 5.22. The van der Waals surface area contributed by atoms with Gasteiger partial charge in [-0.15, -0.1) is 0 Å². The SMILES string of the molecule is Cc1cc2c(NCC3(CCO)CC3)nccn2n1. The number of aromatic nitrogens is 3. The Morgan fingerprint density at radius 3 is 3.06 bits per heavy atom. The average molecular weight is 246 g/mol. The lowest BCUT2D eigenvalue weighted by molar-refractivity contribution is 0.253. The molecule has 0 bridgehead atoms. The zero-order chi connectivity index (χ0) is 12.6. The molecule has 0 aliphatic heterocycles. The molecular formula is C13H18N4O. The summed E-state index contributed by atoms with van der Waals surface area (Å²) in [5, 5.41) is 16.8. The van der Waals surface area contributed by atoms with Crippen molar-refractivity contribution in [3.05, 3.63) is 24.2 Å². The van der Waals surface area contributed by atoms with E-state index < -0.39 is 0 Å². The zero-order valence-electron chi connectivity index (χ0n) is 10.6. The maximum absolute atomic E-state index is 9.06. The number of hydrogen-bond donors (Lipinski definition) is 2. The summed E-state index contributed by atoms with van der Waals surface area (Å²) in [4.78, 5) is 4.38. The first-order valence-electron chi connectivity index (χ1n) is 6.38. The van der Waals surface area contributed by atoms with Gasteiger partial charge in [-0.25, -0.2) is 9.50 Å². The van der Waals surface area contributed by atoms with Gasteiger partial charge in [0.2, 0.25) is 0 Å². The van der Waals surface area contributed by atoms with Crippen LogP contribution in [0.5, 0.6) is 0 Å². The third-order valence-corrected chi connectivity index (χ3v) is 3.74. The molecule has 0 atom stereocenters. The first kappa shape index (κ1) is 11.5. The molecule has 0 radical (unpaired) electrons. The van der Waals surface area contributed by atoms with Crippen LogP contribution in [0.2, 0.25) is 0 Å². The monoisotopic (exact) mass is 246 g/mol. The van der Waals surface area contributed by atoms with Crippen LogP contribution in [0.1, 0.15) is 25.0 Å².